The molecule has 0 aromatic carbocycles. The monoisotopic (exact) mass is 1180 g/mol. The smallest absolute Gasteiger partial charge is 0.342 e. The average Bonchev–Trinajstić information content (AvgIpc) is 4.09. The van der Waals surface area contributed by atoms with Crippen LogP contribution in [0.3, 0.4) is 0 Å². The Morgan fingerprint density at radius 3 is 1.65 bits per heavy atom. The van der Waals surface area contributed by atoms with Crippen LogP contribution in [0.2, 0.25) is 0 Å². The lowest BCUT2D eigenvalue weighted by Crippen LogP contribution is -2.50. The number of ether oxygens (including phenoxy) is 3. The molecular weight excluding hydrogens is 1070 g/mol. The van der Waals surface area contributed by atoms with Gasteiger partial charge in [0.05, 0.1) is 28.7 Å². The van der Waals surface area contributed by atoms with Gasteiger partial charge in [-0.1, -0.05) is 132 Å². The van der Waals surface area contributed by atoms with Crippen LogP contribution >= 0.6 is 23.5 Å². The number of carboxylic acid groups (broad SMARTS) is 1. The second-order valence-electron chi connectivity index (χ2n) is 29.8. The van der Waals surface area contributed by atoms with Gasteiger partial charge in [-0.05, 0) is 146 Å². The fourth-order valence-electron chi connectivity index (χ4n) is 12.2. The number of carbonyl (C=O) groups is 6. The number of hydrogen-bond acceptors (Lipinski definition) is 12. The van der Waals surface area contributed by atoms with E-state index in [4.69, 9.17) is 24.3 Å². The van der Waals surface area contributed by atoms with Gasteiger partial charge in [0.25, 0.3) is 0 Å². The first-order chi connectivity index (χ1) is 37.7. The second kappa shape index (κ2) is 28.9. The highest BCUT2D eigenvalue weighted by Gasteiger charge is 2.51. The number of unbranched alkanes of at least 4 members (excludes halogenated alkanes) is 1. The Labute approximate surface area is 502 Å². The van der Waals surface area contributed by atoms with Crippen LogP contribution in [0.25, 0.3) is 6.08 Å². The quantitative estimate of drug-likeness (QED) is 0.0459. The van der Waals surface area contributed by atoms with E-state index in [1.54, 1.807) is 6.92 Å². The SMILES string of the molecule is CCC(C)(C)C(=O)OCCCSC(C)C(=O)NC1=NC(=Cc2[nH]c(NC(=O)CCCCSCC(=O)O)c(C(=O)OC3C(C(C)(C)C)CC(C)CC3C(C)(C)C)c2C(C)C)C(C(C)C)=C1C(=O)OC1C(C(C)(C)C)CC(C)CC1C(C)(C)C. The zero-order chi connectivity index (χ0) is 62.2. The number of H-pyrrole nitrogens is 1. The third kappa shape index (κ3) is 19.0. The number of aromatic amines is 1. The molecule has 0 bridgehead atoms. The van der Waals surface area contributed by atoms with Crippen LogP contribution in [0, 0.1) is 68.5 Å². The fourth-order valence-corrected chi connectivity index (χ4v) is 13.8. The molecule has 2 saturated carbocycles. The number of esters is 3. The van der Waals surface area contributed by atoms with E-state index >= 15 is 9.59 Å². The molecule has 2 heterocycles. The Hall–Kier alpha value is -4.05. The van der Waals surface area contributed by atoms with Crippen LogP contribution in [0.1, 0.15) is 238 Å². The van der Waals surface area contributed by atoms with Gasteiger partial charge < -0.3 is 34.9 Å². The van der Waals surface area contributed by atoms with Crippen molar-refractivity contribution >= 4 is 76.9 Å². The van der Waals surface area contributed by atoms with E-state index in [9.17, 15) is 19.2 Å². The predicted octanol–water partition coefficient (Wildman–Crippen LogP) is 15.3. The van der Waals surface area contributed by atoms with Gasteiger partial charge in [-0.25, -0.2) is 14.6 Å². The van der Waals surface area contributed by atoms with Crippen molar-refractivity contribution < 1.29 is 48.1 Å². The topological polar surface area (TPSA) is 203 Å². The molecular formula is C66H108N4O10S2. The van der Waals surface area contributed by atoms with Gasteiger partial charge in [0.1, 0.15) is 35.0 Å². The van der Waals surface area contributed by atoms with Crippen molar-refractivity contribution in [1.29, 1.82) is 0 Å². The van der Waals surface area contributed by atoms with Crippen molar-refractivity contribution in [2.75, 3.05) is 29.2 Å². The van der Waals surface area contributed by atoms with Gasteiger partial charge in [0.2, 0.25) is 11.8 Å². The molecule has 82 heavy (non-hydrogen) atoms. The number of amides is 2. The Morgan fingerprint density at radius 2 is 1.20 bits per heavy atom. The summed E-state index contributed by atoms with van der Waals surface area (Å²) in [5, 5.41) is 14.7. The van der Waals surface area contributed by atoms with E-state index < -0.39 is 40.8 Å². The summed E-state index contributed by atoms with van der Waals surface area (Å²) in [4.78, 5) is 91.7. The number of amidine groups is 1. The molecule has 2 amide bonds. The number of rotatable bonds is 23. The minimum absolute atomic E-state index is 0.0105. The van der Waals surface area contributed by atoms with Crippen LogP contribution in [0.5, 0.6) is 0 Å². The number of thioether (sulfide) groups is 2. The lowest BCUT2D eigenvalue weighted by atomic mass is 9.59. The van der Waals surface area contributed by atoms with Gasteiger partial charge in [-0.2, -0.15) is 11.8 Å². The Bertz CT molecular complexity index is 2460. The normalized spacial score (nSPS) is 23.9. The number of carbonyl (C=O) groups excluding carboxylic acids is 5. The predicted molar refractivity (Wildman–Crippen MR) is 337 cm³/mol. The van der Waals surface area contributed by atoms with Crippen LogP contribution < -0.4 is 10.6 Å². The Kier molecular flexibility index (Phi) is 24.8. The molecule has 0 saturated heterocycles. The van der Waals surface area contributed by atoms with Crippen molar-refractivity contribution in [3.8, 4) is 0 Å². The first-order valence-electron chi connectivity index (χ1n) is 30.6. The van der Waals surface area contributed by atoms with E-state index in [1.165, 1.54) is 23.5 Å². The zero-order valence-electron chi connectivity index (χ0n) is 54.5. The highest BCUT2D eigenvalue weighted by molar-refractivity contribution is 8.00. The van der Waals surface area contributed by atoms with Gasteiger partial charge in [0.15, 0.2) is 0 Å². The molecule has 1 aromatic heterocycles. The largest absolute Gasteiger partial charge is 0.481 e. The van der Waals surface area contributed by atoms with Gasteiger partial charge in [-0.15, -0.1) is 11.8 Å². The number of carboxylic acids is 1. The number of aliphatic imine (C=N–C) groups is 1. The minimum atomic E-state index is -0.885. The van der Waals surface area contributed by atoms with Crippen molar-refractivity contribution in [3.63, 3.8) is 0 Å². The van der Waals surface area contributed by atoms with Crippen LogP contribution in [-0.4, -0.2) is 92.9 Å². The number of hydrogen-bond donors (Lipinski definition) is 4. The molecule has 1 aromatic rings. The molecule has 2 fully saturated rings. The lowest BCUT2D eigenvalue weighted by molar-refractivity contribution is -0.164. The molecule has 2 aliphatic carbocycles. The second-order valence-corrected chi connectivity index (χ2v) is 32.3. The molecule has 464 valence electrons. The molecule has 3 aliphatic rings. The summed E-state index contributed by atoms with van der Waals surface area (Å²) in [6.45, 7) is 46.8. The number of aromatic nitrogens is 1. The Morgan fingerprint density at radius 1 is 0.695 bits per heavy atom. The molecule has 0 radical (unpaired) electrons. The number of allylic oxidation sites excluding steroid dienone is 1. The third-order valence-corrected chi connectivity index (χ3v) is 19.7. The molecule has 4 N–H and O–H groups in total. The molecule has 14 nitrogen and oxygen atoms in total. The van der Waals surface area contributed by atoms with Gasteiger partial charge in [-0.3, -0.25) is 19.2 Å². The maximum absolute atomic E-state index is 15.5. The number of nitrogens with one attached hydrogen (secondary N) is 3. The highest BCUT2D eigenvalue weighted by atomic mass is 32.2. The van der Waals surface area contributed by atoms with Gasteiger partial charge >= 0.3 is 23.9 Å². The number of nitrogens with zero attached hydrogens (tertiary/aromatic N) is 1. The minimum Gasteiger partial charge on any atom is -0.481 e. The van der Waals surface area contributed by atoms with Crippen LogP contribution in [-0.2, 0) is 38.2 Å². The molecule has 1 aliphatic heterocycles. The molecule has 16 heteroatoms. The van der Waals surface area contributed by atoms with Crippen molar-refractivity contribution in [2.45, 2.75) is 233 Å². The van der Waals surface area contributed by atoms with Gasteiger partial charge in [0, 0.05) is 35.8 Å². The molecule has 5 unspecified atom stereocenters. The summed E-state index contributed by atoms with van der Waals surface area (Å²) in [5.74, 6) is -1.05. The highest BCUT2D eigenvalue weighted by Crippen LogP contribution is 2.52. The summed E-state index contributed by atoms with van der Waals surface area (Å²) in [7, 11) is 0. The summed E-state index contributed by atoms with van der Waals surface area (Å²) in [6.07, 6.45) is 7.05. The maximum atomic E-state index is 15.5. The molecule has 0 spiro atoms. The van der Waals surface area contributed by atoms with E-state index in [0.717, 1.165) is 25.7 Å². The van der Waals surface area contributed by atoms with E-state index in [-0.39, 0.29) is 117 Å². The third-order valence-electron chi connectivity index (χ3n) is 17.4. The van der Waals surface area contributed by atoms with E-state index in [0.29, 0.717) is 71.6 Å². The fraction of sp³-hybridized carbons (Fsp3) is 0.773. The van der Waals surface area contributed by atoms with Crippen molar-refractivity contribution in [3.05, 3.63) is 33.7 Å². The summed E-state index contributed by atoms with van der Waals surface area (Å²) < 4.78 is 19.4. The summed E-state index contributed by atoms with van der Waals surface area (Å²) >= 11 is 2.72. The Balaban J connectivity index is 1.93. The lowest BCUT2D eigenvalue weighted by Gasteiger charge is -2.50. The van der Waals surface area contributed by atoms with Crippen molar-refractivity contribution in [2.24, 2.45) is 73.5 Å². The van der Waals surface area contributed by atoms with E-state index in [1.807, 2.05) is 54.5 Å². The number of aliphatic carboxylic acids is 1. The summed E-state index contributed by atoms with van der Waals surface area (Å²) in [5.41, 5.74) is 1.14. The van der Waals surface area contributed by atoms with Crippen molar-refractivity contribution in [1.82, 2.24) is 10.3 Å². The first kappa shape index (κ1) is 70.4. The number of anilines is 1. The standard InChI is InChI=1S/C66H108N4O10S2/c1-23-66(21,22)61(77)78-28-26-30-82-41(8)58(74)70-57-53(60(76)80-55-44(64(15,16)17)33-40(7)34-45(55)65(18,19)20)51(38(4)5)47(68-57)35-46-50(37(2)3)52(56(67-46)69-48(71)27-24-25-29-81-36-49(72)73)59(75)79-54-42(62(9,10)11)31-39(6)32-43(54)63(12,13)14/h35,37-45,54-55,67H,23-34,36H2,1-22H3,(H,69,71)(H,72,73)(H,68,70,74). The maximum Gasteiger partial charge on any atom is 0.342 e. The van der Waals surface area contributed by atoms with Crippen LogP contribution in [0.4, 0.5) is 5.82 Å². The zero-order valence-corrected chi connectivity index (χ0v) is 56.1. The summed E-state index contributed by atoms with van der Waals surface area (Å²) in [6, 6.07) is 0. The first-order valence-corrected chi connectivity index (χ1v) is 32.8. The van der Waals surface area contributed by atoms with Crippen LogP contribution in [0.15, 0.2) is 21.8 Å². The average molecular weight is 1180 g/mol. The van der Waals surface area contributed by atoms with E-state index in [2.05, 4.69) is 113 Å². The molecule has 5 atom stereocenters. The molecule has 4 rings (SSSR count).